The van der Waals surface area contributed by atoms with Gasteiger partial charge in [-0.1, -0.05) is 6.07 Å². The lowest BCUT2D eigenvalue weighted by Gasteiger charge is -2.19. The van der Waals surface area contributed by atoms with Gasteiger partial charge in [-0.15, -0.1) is 0 Å². The van der Waals surface area contributed by atoms with Crippen LogP contribution in [0.25, 0.3) is 0 Å². The van der Waals surface area contributed by atoms with Gasteiger partial charge in [0, 0.05) is 38.9 Å². The van der Waals surface area contributed by atoms with Crippen molar-refractivity contribution in [2.24, 2.45) is 13.0 Å². The average molecular weight is 384 g/mol. The molecular weight excluding hydrogens is 356 g/mol. The van der Waals surface area contributed by atoms with Crippen molar-refractivity contribution >= 4 is 11.6 Å². The monoisotopic (exact) mass is 384 g/mol. The summed E-state index contributed by atoms with van der Waals surface area (Å²) in [6.07, 6.45) is 6.07. The van der Waals surface area contributed by atoms with Gasteiger partial charge in [-0.2, -0.15) is 5.10 Å². The molecule has 0 bridgehead atoms. The molecule has 2 fully saturated rings. The first kappa shape index (κ1) is 19.0. The molecule has 2 aliphatic rings. The number of nitrogens with zero attached hydrogens (tertiary/aromatic N) is 2. The van der Waals surface area contributed by atoms with E-state index in [1.165, 1.54) is 0 Å². The summed E-state index contributed by atoms with van der Waals surface area (Å²) in [7, 11) is 1.89. The van der Waals surface area contributed by atoms with Crippen molar-refractivity contribution in [1.29, 1.82) is 0 Å². The molecule has 0 spiro atoms. The predicted octanol–water partition coefficient (Wildman–Crippen LogP) is 2.23. The summed E-state index contributed by atoms with van der Waals surface area (Å²) in [6.45, 7) is 4.76. The maximum atomic E-state index is 13.0. The fourth-order valence-corrected chi connectivity index (χ4v) is 3.97. The smallest absolute Gasteiger partial charge is 0.229 e. The van der Waals surface area contributed by atoms with Gasteiger partial charge < -0.3 is 20.1 Å². The number of ether oxygens (including phenoxy) is 2. The van der Waals surface area contributed by atoms with Crippen LogP contribution in [-0.2, 0) is 16.6 Å². The van der Waals surface area contributed by atoms with E-state index in [-0.39, 0.29) is 23.8 Å². The summed E-state index contributed by atoms with van der Waals surface area (Å²) in [4.78, 5) is 13.0. The third-order valence-corrected chi connectivity index (χ3v) is 5.55. The Morgan fingerprint density at radius 3 is 3.07 bits per heavy atom. The standard InChI is InChI=1S/C21H28N4O3/c1-14-5-6-19(20(8-14)28-13-16-4-3-7-27-16)24-21(26)18-11-22-10-17(18)15-9-23-25(2)12-15/h5-6,8-9,12,16-18,22H,3-4,7,10-11,13H2,1-2H3,(H,24,26)/t16?,17-,18+/m1/s1. The molecule has 150 valence electrons. The van der Waals surface area contributed by atoms with Crippen LogP contribution < -0.4 is 15.4 Å². The van der Waals surface area contributed by atoms with Crippen LogP contribution >= 0.6 is 0 Å². The Morgan fingerprint density at radius 2 is 2.32 bits per heavy atom. The quantitative estimate of drug-likeness (QED) is 0.799. The summed E-state index contributed by atoms with van der Waals surface area (Å²) in [6, 6.07) is 5.87. The molecule has 0 saturated carbocycles. The van der Waals surface area contributed by atoms with Gasteiger partial charge in [0.25, 0.3) is 0 Å². The minimum atomic E-state index is -0.142. The van der Waals surface area contributed by atoms with E-state index in [1.807, 2.05) is 44.6 Å². The largest absolute Gasteiger partial charge is 0.489 e. The highest BCUT2D eigenvalue weighted by Crippen LogP contribution is 2.31. The van der Waals surface area contributed by atoms with Crippen LogP contribution in [0, 0.1) is 12.8 Å². The molecule has 1 aromatic carbocycles. The zero-order chi connectivity index (χ0) is 19.5. The SMILES string of the molecule is Cc1ccc(NC(=O)[C@H]2CNC[C@@H]2c2cnn(C)c2)c(OCC2CCCO2)c1. The molecule has 1 amide bonds. The van der Waals surface area contributed by atoms with Crippen LogP contribution in [0.15, 0.2) is 30.6 Å². The molecule has 0 radical (unpaired) electrons. The Bertz CT molecular complexity index is 829. The van der Waals surface area contributed by atoms with Crippen LogP contribution in [0.1, 0.15) is 29.9 Å². The second-order valence-corrected chi connectivity index (χ2v) is 7.75. The number of rotatable bonds is 6. The number of carbonyl (C=O) groups is 1. The van der Waals surface area contributed by atoms with E-state index in [0.717, 1.165) is 37.1 Å². The second kappa shape index (κ2) is 8.32. The first-order valence-corrected chi connectivity index (χ1v) is 9.95. The van der Waals surface area contributed by atoms with Crippen LogP contribution in [0.5, 0.6) is 5.75 Å². The maximum Gasteiger partial charge on any atom is 0.229 e. The normalized spacial score (nSPS) is 24.4. The fourth-order valence-electron chi connectivity index (χ4n) is 3.97. The number of aromatic nitrogens is 2. The summed E-state index contributed by atoms with van der Waals surface area (Å²) in [5.74, 6) is 0.685. The Balaban J connectivity index is 1.46. The molecule has 28 heavy (non-hydrogen) atoms. The molecule has 2 aliphatic heterocycles. The lowest BCUT2D eigenvalue weighted by atomic mass is 9.90. The van der Waals surface area contributed by atoms with Crippen molar-refractivity contribution in [1.82, 2.24) is 15.1 Å². The van der Waals surface area contributed by atoms with Crippen LogP contribution in [0.2, 0.25) is 0 Å². The van der Waals surface area contributed by atoms with Gasteiger partial charge in [0.15, 0.2) is 0 Å². The highest BCUT2D eigenvalue weighted by Gasteiger charge is 2.35. The highest BCUT2D eigenvalue weighted by molar-refractivity contribution is 5.95. The molecule has 0 aliphatic carbocycles. The van der Waals surface area contributed by atoms with E-state index in [0.29, 0.717) is 24.6 Å². The van der Waals surface area contributed by atoms with E-state index < -0.39 is 0 Å². The number of hydrogen-bond donors (Lipinski definition) is 2. The summed E-state index contributed by atoms with van der Waals surface area (Å²) in [5.41, 5.74) is 2.90. The molecule has 4 rings (SSSR count). The number of aryl methyl sites for hydroxylation is 2. The minimum Gasteiger partial charge on any atom is -0.489 e. The van der Waals surface area contributed by atoms with Gasteiger partial charge in [-0.25, -0.2) is 0 Å². The van der Waals surface area contributed by atoms with Gasteiger partial charge in [-0.3, -0.25) is 9.48 Å². The van der Waals surface area contributed by atoms with E-state index in [2.05, 4.69) is 15.7 Å². The van der Waals surface area contributed by atoms with Gasteiger partial charge in [0.05, 0.1) is 23.9 Å². The molecule has 1 unspecified atom stereocenters. The molecule has 1 aromatic heterocycles. The van der Waals surface area contributed by atoms with E-state index in [1.54, 1.807) is 4.68 Å². The van der Waals surface area contributed by atoms with Crippen LogP contribution in [-0.4, -0.2) is 48.1 Å². The first-order chi connectivity index (χ1) is 13.6. The van der Waals surface area contributed by atoms with Crippen molar-refractivity contribution in [3.63, 3.8) is 0 Å². The van der Waals surface area contributed by atoms with Gasteiger partial charge >= 0.3 is 0 Å². The number of anilines is 1. The molecule has 2 saturated heterocycles. The van der Waals surface area contributed by atoms with Crippen molar-refractivity contribution in [3.8, 4) is 5.75 Å². The zero-order valence-electron chi connectivity index (χ0n) is 16.5. The molecule has 3 heterocycles. The van der Waals surface area contributed by atoms with E-state index >= 15 is 0 Å². The molecule has 3 atom stereocenters. The third kappa shape index (κ3) is 4.20. The van der Waals surface area contributed by atoms with Crippen molar-refractivity contribution in [3.05, 3.63) is 41.7 Å². The van der Waals surface area contributed by atoms with Crippen molar-refractivity contribution in [2.45, 2.75) is 31.8 Å². The van der Waals surface area contributed by atoms with Crippen molar-refractivity contribution < 1.29 is 14.3 Å². The van der Waals surface area contributed by atoms with E-state index in [9.17, 15) is 4.79 Å². The topological polar surface area (TPSA) is 77.4 Å². The van der Waals surface area contributed by atoms with Gasteiger partial charge in [0.2, 0.25) is 5.91 Å². The number of nitrogens with one attached hydrogen (secondary N) is 2. The Hall–Kier alpha value is -2.38. The number of carbonyl (C=O) groups excluding carboxylic acids is 1. The fraction of sp³-hybridized carbons (Fsp3) is 0.524. The highest BCUT2D eigenvalue weighted by atomic mass is 16.5. The number of hydrogen-bond acceptors (Lipinski definition) is 5. The van der Waals surface area contributed by atoms with Gasteiger partial charge in [0.1, 0.15) is 12.4 Å². The van der Waals surface area contributed by atoms with E-state index in [4.69, 9.17) is 9.47 Å². The average Bonchev–Trinajstić information content (AvgIpc) is 3.43. The zero-order valence-corrected chi connectivity index (χ0v) is 16.5. The number of amides is 1. The third-order valence-electron chi connectivity index (χ3n) is 5.55. The lowest BCUT2D eigenvalue weighted by molar-refractivity contribution is -0.119. The lowest BCUT2D eigenvalue weighted by Crippen LogP contribution is -2.28. The van der Waals surface area contributed by atoms with Crippen molar-refractivity contribution in [2.75, 3.05) is 31.6 Å². The molecule has 2 aromatic rings. The molecule has 7 heteroatoms. The second-order valence-electron chi connectivity index (χ2n) is 7.75. The van der Waals surface area contributed by atoms with Gasteiger partial charge in [-0.05, 0) is 43.0 Å². The number of benzene rings is 1. The first-order valence-electron chi connectivity index (χ1n) is 9.95. The molecule has 2 N–H and O–H groups in total. The predicted molar refractivity (Wildman–Crippen MR) is 107 cm³/mol. The molecule has 7 nitrogen and oxygen atoms in total. The summed E-state index contributed by atoms with van der Waals surface area (Å²) < 4.78 is 13.4. The maximum absolute atomic E-state index is 13.0. The summed E-state index contributed by atoms with van der Waals surface area (Å²) in [5, 5.41) is 10.7. The Labute approximate surface area is 165 Å². The Morgan fingerprint density at radius 1 is 1.43 bits per heavy atom. The Kier molecular flexibility index (Phi) is 5.64. The molecular formula is C21H28N4O3. The van der Waals surface area contributed by atoms with Crippen LogP contribution in [0.4, 0.5) is 5.69 Å². The summed E-state index contributed by atoms with van der Waals surface area (Å²) >= 11 is 0. The van der Waals surface area contributed by atoms with Crippen LogP contribution in [0.3, 0.4) is 0 Å². The minimum absolute atomic E-state index is 0.00433.